The molecule has 172 valence electrons. The molecule has 0 fully saturated rings. The van der Waals surface area contributed by atoms with Crippen LogP contribution in [0.1, 0.15) is 64.4 Å². The molecule has 4 nitrogen and oxygen atoms in total. The minimum Gasteiger partial charge on any atom is -0.427 e. The predicted molar refractivity (Wildman–Crippen MR) is 135 cm³/mol. The van der Waals surface area contributed by atoms with Crippen LogP contribution in [0.3, 0.4) is 0 Å². The van der Waals surface area contributed by atoms with Crippen molar-refractivity contribution in [2.75, 3.05) is 0 Å². The Hall–Kier alpha value is -3.27. The molecule has 3 aromatic rings. The first-order valence-corrected chi connectivity index (χ1v) is 12.0. The van der Waals surface area contributed by atoms with Crippen LogP contribution >= 0.6 is 0 Å². The van der Waals surface area contributed by atoms with E-state index >= 15 is 0 Å². The van der Waals surface area contributed by atoms with Crippen LogP contribution in [0, 0.1) is 0 Å². The number of esters is 1. The van der Waals surface area contributed by atoms with E-state index < -0.39 is 0 Å². The van der Waals surface area contributed by atoms with Crippen LogP contribution in [0.5, 0.6) is 5.75 Å². The molecule has 0 amide bonds. The summed E-state index contributed by atoms with van der Waals surface area (Å²) < 4.78 is 5.43. The molecule has 2 aromatic carbocycles. The third kappa shape index (κ3) is 7.98. The van der Waals surface area contributed by atoms with Crippen LogP contribution in [0.15, 0.2) is 73.1 Å². The second-order valence-corrected chi connectivity index (χ2v) is 8.26. The van der Waals surface area contributed by atoms with Gasteiger partial charge < -0.3 is 4.74 Å². The highest BCUT2D eigenvalue weighted by molar-refractivity contribution is 5.72. The van der Waals surface area contributed by atoms with E-state index in [0.29, 0.717) is 18.0 Å². The first-order valence-electron chi connectivity index (χ1n) is 12.0. The van der Waals surface area contributed by atoms with Gasteiger partial charge in [0.2, 0.25) is 0 Å². The van der Waals surface area contributed by atoms with Crippen LogP contribution in [0.25, 0.3) is 22.5 Å². The number of benzene rings is 2. The molecule has 0 saturated carbocycles. The van der Waals surface area contributed by atoms with E-state index in [0.717, 1.165) is 42.4 Å². The number of aromatic nitrogens is 2. The summed E-state index contributed by atoms with van der Waals surface area (Å²) in [7, 11) is 0. The van der Waals surface area contributed by atoms with E-state index in [1.165, 1.54) is 24.8 Å². The van der Waals surface area contributed by atoms with Crippen molar-refractivity contribution in [1.82, 2.24) is 9.97 Å². The van der Waals surface area contributed by atoms with Crippen LogP contribution < -0.4 is 4.74 Å². The number of aryl methyl sites for hydroxylation is 1. The van der Waals surface area contributed by atoms with Crippen molar-refractivity contribution in [3.8, 4) is 28.3 Å². The van der Waals surface area contributed by atoms with Crippen LogP contribution in [0.4, 0.5) is 0 Å². The quantitative estimate of drug-likeness (QED) is 0.125. The summed E-state index contributed by atoms with van der Waals surface area (Å²) >= 11 is 0. The van der Waals surface area contributed by atoms with Gasteiger partial charge in [-0.25, -0.2) is 9.97 Å². The second-order valence-electron chi connectivity index (χ2n) is 8.26. The first kappa shape index (κ1) is 24.4. The fourth-order valence-corrected chi connectivity index (χ4v) is 3.62. The Labute approximate surface area is 197 Å². The maximum absolute atomic E-state index is 12.0. The molecule has 0 aliphatic heterocycles. The smallest absolute Gasteiger partial charge is 0.311 e. The monoisotopic (exact) mass is 442 g/mol. The zero-order chi connectivity index (χ0) is 23.3. The topological polar surface area (TPSA) is 52.1 Å². The van der Waals surface area contributed by atoms with Gasteiger partial charge in [0.15, 0.2) is 5.82 Å². The molecule has 1 aromatic heterocycles. The van der Waals surface area contributed by atoms with Crippen molar-refractivity contribution in [3.63, 3.8) is 0 Å². The van der Waals surface area contributed by atoms with Gasteiger partial charge in [0.25, 0.3) is 0 Å². The van der Waals surface area contributed by atoms with E-state index in [-0.39, 0.29) is 5.97 Å². The lowest BCUT2D eigenvalue weighted by Gasteiger charge is -2.07. The summed E-state index contributed by atoms with van der Waals surface area (Å²) in [5.41, 5.74) is 4.38. The maximum Gasteiger partial charge on any atom is 0.311 e. The molecule has 0 aliphatic rings. The number of allylic oxidation sites excluding steroid dienone is 2. The molecule has 0 bridgehead atoms. The van der Waals surface area contributed by atoms with Gasteiger partial charge in [-0.05, 0) is 74.4 Å². The lowest BCUT2D eigenvalue weighted by atomic mass is 10.0. The van der Waals surface area contributed by atoms with Gasteiger partial charge in [0.1, 0.15) is 5.75 Å². The molecule has 4 heteroatoms. The number of unbranched alkanes of at least 4 members (excludes halogenated alkanes) is 4. The van der Waals surface area contributed by atoms with Crippen molar-refractivity contribution in [2.45, 2.75) is 65.2 Å². The van der Waals surface area contributed by atoms with Crippen LogP contribution in [-0.4, -0.2) is 15.9 Å². The Balaban J connectivity index is 1.53. The lowest BCUT2D eigenvalue weighted by molar-refractivity contribution is -0.134. The van der Waals surface area contributed by atoms with E-state index in [9.17, 15) is 4.79 Å². The number of hydrogen-bond acceptors (Lipinski definition) is 4. The van der Waals surface area contributed by atoms with Crippen molar-refractivity contribution in [1.29, 1.82) is 0 Å². The van der Waals surface area contributed by atoms with Crippen molar-refractivity contribution < 1.29 is 9.53 Å². The number of carbonyl (C=O) groups excluding carboxylic acids is 1. The average Bonchev–Trinajstić information content (AvgIpc) is 2.85. The molecule has 1 heterocycles. The summed E-state index contributed by atoms with van der Waals surface area (Å²) in [5, 5.41) is 0. The molecule has 0 atom stereocenters. The second kappa shape index (κ2) is 13.3. The fraction of sp³-hybridized carbons (Fsp3) is 0.345. The highest BCUT2D eigenvalue weighted by Gasteiger charge is 2.07. The van der Waals surface area contributed by atoms with Gasteiger partial charge in [-0.2, -0.15) is 0 Å². The summed E-state index contributed by atoms with van der Waals surface area (Å²) in [5.74, 6) is 1.00. The van der Waals surface area contributed by atoms with Crippen molar-refractivity contribution in [3.05, 3.63) is 78.6 Å². The van der Waals surface area contributed by atoms with Gasteiger partial charge in [-0.3, -0.25) is 4.79 Å². The molecular weight excluding hydrogens is 408 g/mol. The average molecular weight is 443 g/mol. The molecule has 0 saturated heterocycles. The highest BCUT2D eigenvalue weighted by atomic mass is 16.5. The summed E-state index contributed by atoms with van der Waals surface area (Å²) in [6.45, 7) is 4.23. The third-order valence-corrected chi connectivity index (χ3v) is 5.59. The maximum atomic E-state index is 12.0. The normalized spacial score (nSPS) is 11.1. The van der Waals surface area contributed by atoms with E-state index in [4.69, 9.17) is 4.74 Å². The first-order chi connectivity index (χ1) is 16.2. The molecule has 0 aliphatic carbocycles. The number of rotatable bonds is 12. The minimum absolute atomic E-state index is 0.194. The standard InChI is InChI=1S/C29H34N2O2/c1-3-5-7-8-10-12-28(32)33-27-19-17-25(18-20-27)29-30-21-26(22-31-29)24-15-13-23(14-16-24)11-9-6-4-2/h3,5,13-22H,4,6-12H2,1-2H3/b5-3+. The zero-order valence-electron chi connectivity index (χ0n) is 19.8. The van der Waals surface area contributed by atoms with Gasteiger partial charge >= 0.3 is 5.97 Å². The van der Waals surface area contributed by atoms with Crippen LogP contribution in [-0.2, 0) is 11.2 Å². The molecule has 0 N–H and O–H groups in total. The Morgan fingerprint density at radius 1 is 0.848 bits per heavy atom. The Kier molecular flexibility index (Phi) is 9.84. The van der Waals surface area contributed by atoms with Gasteiger partial charge in [-0.1, -0.05) is 56.2 Å². The predicted octanol–water partition coefficient (Wildman–Crippen LogP) is 7.59. The molecule has 0 unspecified atom stereocenters. The molecular formula is C29H34N2O2. The number of nitrogens with zero attached hydrogens (tertiary/aromatic N) is 2. The third-order valence-electron chi connectivity index (χ3n) is 5.59. The number of hydrogen-bond donors (Lipinski definition) is 0. The summed E-state index contributed by atoms with van der Waals surface area (Å²) in [4.78, 5) is 21.1. The molecule has 0 spiro atoms. The molecule has 0 radical (unpaired) electrons. The number of ether oxygens (including phenoxy) is 1. The van der Waals surface area contributed by atoms with Crippen LogP contribution in [0.2, 0.25) is 0 Å². The van der Waals surface area contributed by atoms with Crippen molar-refractivity contribution in [2.24, 2.45) is 0 Å². The van der Waals surface area contributed by atoms with Gasteiger partial charge in [0.05, 0.1) is 0 Å². The lowest BCUT2D eigenvalue weighted by Crippen LogP contribution is -2.07. The van der Waals surface area contributed by atoms with Crippen molar-refractivity contribution >= 4 is 5.97 Å². The summed E-state index contributed by atoms with van der Waals surface area (Å²) in [6, 6.07) is 16.0. The van der Waals surface area contributed by atoms with Gasteiger partial charge in [-0.15, -0.1) is 0 Å². The van der Waals surface area contributed by atoms with E-state index in [1.54, 1.807) is 12.1 Å². The minimum atomic E-state index is -0.194. The fourth-order valence-electron chi connectivity index (χ4n) is 3.62. The Morgan fingerprint density at radius 2 is 1.55 bits per heavy atom. The summed E-state index contributed by atoms with van der Waals surface area (Å²) in [6.07, 6.45) is 16.0. The van der Waals surface area contributed by atoms with Gasteiger partial charge in [0, 0.05) is 29.9 Å². The molecule has 33 heavy (non-hydrogen) atoms. The zero-order valence-corrected chi connectivity index (χ0v) is 19.8. The van der Waals surface area contributed by atoms with E-state index in [2.05, 4.69) is 47.2 Å². The van der Waals surface area contributed by atoms with E-state index in [1.807, 2.05) is 37.5 Å². The highest BCUT2D eigenvalue weighted by Crippen LogP contribution is 2.23. The largest absolute Gasteiger partial charge is 0.427 e. The number of carbonyl (C=O) groups is 1. The Morgan fingerprint density at radius 3 is 2.21 bits per heavy atom. The molecule has 3 rings (SSSR count). The Bertz CT molecular complexity index is 1010. The SMILES string of the molecule is C/C=C/CCCCC(=O)Oc1ccc(-c2ncc(-c3ccc(CCCCC)cc3)cn2)cc1.